The summed E-state index contributed by atoms with van der Waals surface area (Å²) < 4.78 is 69.2. The second kappa shape index (κ2) is 10.1. The molecule has 8 nitrogen and oxygen atoms in total. The standard InChI is InChI=1S/C25H26ClF3N4O4S/c26-21-7-2-1-6-20(21)22(23(34)30-18-13-25(28,29)14-18)33(19-5-3-4-17(27)12-19)24(35)16-8-9-32(15-16)38(36,37)31-10-11-31/h1-7,12,16,18,22H,8-11,13-15H2,(H,30,34)/t16-,22?/m0/s1. The van der Waals surface area contributed by atoms with Crippen LogP contribution in [0.1, 0.15) is 30.9 Å². The van der Waals surface area contributed by atoms with Crippen molar-refractivity contribution in [3.05, 3.63) is 64.9 Å². The molecule has 204 valence electrons. The second-order valence-corrected chi connectivity index (χ2v) is 12.2. The number of nitrogens with one attached hydrogen (secondary N) is 1. The van der Waals surface area contributed by atoms with Crippen LogP contribution in [0.25, 0.3) is 0 Å². The zero-order chi connectivity index (χ0) is 27.2. The van der Waals surface area contributed by atoms with Crippen LogP contribution in [0.15, 0.2) is 48.5 Å². The summed E-state index contributed by atoms with van der Waals surface area (Å²) in [6.45, 7) is 0.852. The molecule has 1 saturated carbocycles. The molecule has 0 spiro atoms. The van der Waals surface area contributed by atoms with Crippen molar-refractivity contribution in [2.75, 3.05) is 31.1 Å². The van der Waals surface area contributed by atoms with Crippen molar-refractivity contribution in [3.63, 3.8) is 0 Å². The van der Waals surface area contributed by atoms with Crippen molar-refractivity contribution in [1.82, 2.24) is 13.9 Å². The van der Waals surface area contributed by atoms with E-state index in [1.165, 1.54) is 38.9 Å². The summed E-state index contributed by atoms with van der Waals surface area (Å²) in [6, 6.07) is 9.20. The van der Waals surface area contributed by atoms with Gasteiger partial charge in [-0.25, -0.2) is 13.2 Å². The first kappa shape index (κ1) is 26.9. The van der Waals surface area contributed by atoms with Gasteiger partial charge in [0.25, 0.3) is 16.1 Å². The summed E-state index contributed by atoms with van der Waals surface area (Å²) in [5.74, 6) is -5.71. The van der Waals surface area contributed by atoms with Crippen LogP contribution in [0.2, 0.25) is 5.02 Å². The number of anilines is 1. The maximum Gasteiger partial charge on any atom is 0.282 e. The Kier molecular flexibility index (Phi) is 7.18. The van der Waals surface area contributed by atoms with Crippen LogP contribution in [0, 0.1) is 11.7 Å². The Morgan fingerprint density at radius 1 is 1.05 bits per heavy atom. The Bertz CT molecular complexity index is 1350. The fourth-order valence-electron chi connectivity index (χ4n) is 4.94. The minimum absolute atomic E-state index is 0.0567. The van der Waals surface area contributed by atoms with Gasteiger partial charge in [-0.2, -0.15) is 17.0 Å². The summed E-state index contributed by atoms with van der Waals surface area (Å²) in [5, 5.41) is 2.74. The van der Waals surface area contributed by atoms with Gasteiger partial charge in [-0.15, -0.1) is 0 Å². The van der Waals surface area contributed by atoms with Crippen LogP contribution in [0.3, 0.4) is 0 Å². The van der Waals surface area contributed by atoms with Crippen LogP contribution in [-0.2, 0) is 19.8 Å². The molecule has 1 unspecified atom stereocenters. The molecule has 2 heterocycles. The fourth-order valence-corrected chi connectivity index (χ4v) is 6.75. The lowest BCUT2D eigenvalue weighted by atomic mass is 9.87. The molecule has 1 N–H and O–H groups in total. The van der Waals surface area contributed by atoms with Crippen molar-refractivity contribution >= 4 is 39.3 Å². The Morgan fingerprint density at radius 2 is 1.76 bits per heavy atom. The largest absolute Gasteiger partial charge is 0.351 e. The van der Waals surface area contributed by atoms with E-state index in [2.05, 4.69) is 5.32 Å². The molecule has 2 amide bonds. The smallest absolute Gasteiger partial charge is 0.282 e. The van der Waals surface area contributed by atoms with Crippen LogP contribution in [0.5, 0.6) is 0 Å². The highest BCUT2D eigenvalue weighted by molar-refractivity contribution is 7.87. The van der Waals surface area contributed by atoms with Crippen molar-refractivity contribution in [1.29, 1.82) is 0 Å². The van der Waals surface area contributed by atoms with Gasteiger partial charge in [0.2, 0.25) is 11.8 Å². The molecule has 3 aliphatic rings. The molecule has 2 aromatic rings. The topological polar surface area (TPSA) is 89.8 Å². The Morgan fingerprint density at radius 3 is 2.39 bits per heavy atom. The summed E-state index contributed by atoms with van der Waals surface area (Å²) in [6.07, 6.45) is -0.870. The van der Waals surface area contributed by atoms with Gasteiger partial charge in [0.15, 0.2) is 0 Å². The number of hydrogen-bond donors (Lipinski definition) is 1. The SMILES string of the molecule is O=C(NC1CC(F)(F)C1)C(c1ccccc1Cl)N(C(=O)[C@H]1CCN(S(=O)(=O)N2CC2)C1)c1cccc(F)c1. The van der Waals surface area contributed by atoms with Crippen molar-refractivity contribution in [2.24, 2.45) is 5.92 Å². The summed E-state index contributed by atoms with van der Waals surface area (Å²) in [7, 11) is -3.68. The number of halogens is 4. The minimum Gasteiger partial charge on any atom is -0.351 e. The van der Waals surface area contributed by atoms with Gasteiger partial charge in [-0.05, 0) is 30.7 Å². The number of carbonyl (C=O) groups excluding carboxylic acids is 2. The molecule has 0 bridgehead atoms. The third-order valence-electron chi connectivity index (χ3n) is 7.03. The quantitative estimate of drug-likeness (QED) is 0.493. The second-order valence-electron chi connectivity index (χ2n) is 9.83. The summed E-state index contributed by atoms with van der Waals surface area (Å²) >= 11 is 6.44. The maximum atomic E-state index is 14.3. The van der Waals surface area contributed by atoms with Gasteiger partial charge >= 0.3 is 0 Å². The third-order valence-corrected chi connectivity index (χ3v) is 9.37. The molecule has 1 aliphatic carbocycles. The molecule has 2 aliphatic heterocycles. The zero-order valence-electron chi connectivity index (χ0n) is 20.2. The lowest BCUT2D eigenvalue weighted by Crippen LogP contribution is -2.54. The first-order valence-corrected chi connectivity index (χ1v) is 14.0. The molecule has 5 rings (SSSR count). The van der Waals surface area contributed by atoms with Gasteiger partial charge in [0.1, 0.15) is 11.9 Å². The number of amides is 2. The highest BCUT2D eigenvalue weighted by Gasteiger charge is 2.48. The lowest BCUT2D eigenvalue weighted by molar-refractivity contribution is -0.133. The Hall–Kier alpha value is -2.67. The number of alkyl halides is 2. The molecule has 2 atom stereocenters. The van der Waals surface area contributed by atoms with E-state index in [4.69, 9.17) is 11.6 Å². The van der Waals surface area contributed by atoms with Crippen molar-refractivity contribution in [3.8, 4) is 0 Å². The first-order chi connectivity index (χ1) is 18.0. The van der Waals surface area contributed by atoms with Crippen molar-refractivity contribution in [2.45, 2.75) is 37.3 Å². The average molecular weight is 571 g/mol. The number of carbonyl (C=O) groups is 2. The number of benzene rings is 2. The van der Waals surface area contributed by atoms with Crippen LogP contribution < -0.4 is 10.2 Å². The normalized spacial score (nSPS) is 22.5. The predicted molar refractivity (Wildman–Crippen MR) is 134 cm³/mol. The summed E-state index contributed by atoms with van der Waals surface area (Å²) in [4.78, 5) is 28.8. The van der Waals surface area contributed by atoms with Crippen LogP contribution in [0.4, 0.5) is 18.9 Å². The zero-order valence-corrected chi connectivity index (χ0v) is 21.8. The van der Waals surface area contributed by atoms with E-state index in [1.54, 1.807) is 12.1 Å². The average Bonchev–Trinajstić information content (AvgIpc) is 3.58. The monoisotopic (exact) mass is 570 g/mol. The van der Waals surface area contributed by atoms with Crippen LogP contribution >= 0.6 is 11.6 Å². The highest BCUT2D eigenvalue weighted by atomic mass is 35.5. The lowest BCUT2D eigenvalue weighted by Gasteiger charge is -2.38. The molecule has 2 saturated heterocycles. The first-order valence-electron chi connectivity index (χ1n) is 12.2. The van der Waals surface area contributed by atoms with E-state index >= 15 is 0 Å². The molecule has 3 fully saturated rings. The molecule has 13 heteroatoms. The van der Waals surface area contributed by atoms with Gasteiger partial charge in [-0.3, -0.25) is 14.5 Å². The van der Waals surface area contributed by atoms with Gasteiger partial charge in [0.05, 0.1) is 5.92 Å². The highest BCUT2D eigenvalue weighted by Crippen LogP contribution is 2.39. The molecule has 38 heavy (non-hydrogen) atoms. The number of hydrogen-bond acceptors (Lipinski definition) is 4. The maximum absolute atomic E-state index is 14.3. The molecular weight excluding hydrogens is 545 g/mol. The number of rotatable bonds is 8. The minimum atomic E-state index is -3.68. The van der Waals surface area contributed by atoms with E-state index in [9.17, 15) is 31.2 Å². The molecular formula is C25H26ClF3N4O4S. The van der Waals surface area contributed by atoms with Gasteiger partial charge in [-0.1, -0.05) is 35.9 Å². The Balaban J connectivity index is 1.51. The Labute approximate surface area is 223 Å². The third kappa shape index (κ3) is 5.40. The molecule has 0 aromatic heterocycles. The van der Waals surface area contributed by atoms with Gasteiger partial charge < -0.3 is 5.32 Å². The van der Waals surface area contributed by atoms with E-state index in [-0.39, 0.29) is 35.8 Å². The predicted octanol–water partition coefficient (Wildman–Crippen LogP) is 3.35. The van der Waals surface area contributed by atoms with E-state index < -0.39 is 64.6 Å². The van der Waals surface area contributed by atoms with E-state index in [0.29, 0.717) is 13.1 Å². The van der Waals surface area contributed by atoms with E-state index in [0.717, 1.165) is 11.0 Å². The molecule has 0 radical (unpaired) electrons. The van der Waals surface area contributed by atoms with Crippen molar-refractivity contribution < 1.29 is 31.2 Å². The van der Waals surface area contributed by atoms with Gasteiger partial charge in [0, 0.05) is 61.3 Å². The fraction of sp³-hybridized carbons (Fsp3) is 0.440. The molecule has 2 aromatic carbocycles. The number of nitrogens with zero attached hydrogens (tertiary/aromatic N) is 3. The summed E-state index contributed by atoms with van der Waals surface area (Å²) in [5.41, 5.74) is 0.281. The van der Waals surface area contributed by atoms with Crippen LogP contribution in [-0.4, -0.2) is 67.0 Å². The van der Waals surface area contributed by atoms with E-state index in [1.807, 2.05) is 0 Å².